The van der Waals surface area contributed by atoms with Crippen molar-refractivity contribution in [3.63, 3.8) is 0 Å². The van der Waals surface area contributed by atoms with Crippen LogP contribution in [0.5, 0.6) is 5.88 Å². The van der Waals surface area contributed by atoms with E-state index in [1.165, 1.54) is 4.68 Å². The first-order chi connectivity index (χ1) is 22.3. The van der Waals surface area contributed by atoms with Crippen molar-refractivity contribution in [3.8, 4) is 28.3 Å². The molecule has 0 bridgehead atoms. The lowest BCUT2D eigenvalue weighted by Crippen LogP contribution is -2.47. The second kappa shape index (κ2) is 12.6. The third-order valence-electron chi connectivity index (χ3n) is 8.77. The van der Waals surface area contributed by atoms with Crippen LogP contribution in [-0.4, -0.2) is 57.3 Å². The van der Waals surface area contributed by atoms with Gasteiger partial charge >= 0.3 is 0 Å². The average Bonchev–Trinajstić information content (AvgIpc) is 3.47. The van der Waals surface area contributed by atoms with Gasteiger partial charge in [-0.05, 0) is 43.0 Å². The number of rotatable bonds is 7. The van der Waals surface area contributed by atoms with E-state index in [0.717, 1.165) is 41.5 Å². The molecule has 1 saturated heterocycles. The van der Waals surface area contributed by atoms with E-state index in [-0.39, 0.29) is 17.6 Å². The highest BCUT2D eigenvalue weighted by Gasteiger charge is 2.33. The van der Waals surface area contributed by atoms with E-state index in [4.69, 9.17) is 37.7 Å². The Morgan fingerprint density at radius 3 is 2.65 bits per heavy atom. The van der Waals surface area contributed by atoms with Gasteiger partial charge in [0.15, 0.2) is 0 Å². The second-order valence-electron chi connectivity index (χ2n) is 11.5. The number of halogens is 2. The quantitative estimate of drug-likeness (QED) is 0.198. The van der Waals surface area contributed by atoms with Crippen LogP contribution in [0.15, 0.2) is 65.7 Å². The zero-order valence-corrected chi connectivity index (χ0v) is 26.8. The summed E-state index contributed by atoms with van der Waals surface area (Å²) in [4.78, 5) is 22.2. The summed E-state index contributed by atoms with van der Waals surface area (Å²) in [6, 6.07) is 15.2. The van der Waals surface area contributed by atoms with Crippen LogP contribution in [0.2, 0.25) is 10.0 Å². The molecule has 46 heavy (non-hydrogen) atoms. The molecular formula is C34H32Cl2N6O4. The van der Waals surface area contributed by atoms with E-state index >= 15 is 0 Å². The molecule has 0 spiro atoms. The van der Waals surface area contributed by atoms with Crippen LogP contribution in [0.25, 0.3) is 33.2 Å². The normalized spacial score (nSPS) is 19.3. The number of methoxy groups -OCH3 is 1. The maximum atomic E-state index is 12.9. The van der Waals surface area contributed by atoms with Crippen molar-refractivity contribution < 1.29 is 14.6 Å². The number of nitrogens with zero attached hydrogens (tertiary/aromatic N) is 4. The number of ether oxygens (including phenoxy) is 2. The molecule has 3 N–H and O–H groups in total. The lowest BCUT2D eigenvalue weighted by molar-refractivity contribution is -0.0304. The number of anilines is 2. The summed E-state index contributed by atoms with van der Waals surface area (Å²) >= 11 is 14.1. The number of hydrogen-bond donors (Lipinski definition) is 3. The van der Waals surface area contributed by atoms with Gasteiger partial charge in [0.05, 0.1) is 52.8 Å². The second-order valence-corrected chi connectivity index (χ2v) is 12.3. The Bertz CT molecular complexity index is 2020. The van der Waals surface area contributed by atoms with E-state index in [0.29, 0.717) is 62.7 Å². The molecule has 0 unspecified atom stereocenters. The van der Waals surface area contributed by atoms with Crippen LogP contribution in [0.4, 0.5) is 11.5 Å². The van der Waals surface area contributed by atoms with Crippen molar-refractivity contribution in [2.45, 2.75) is 37.5 Å². The number of hydrogen-bond acceptors (Lipinski definition) is 9. The van der Waals surface area contributed by atoms with Crippen LogP contribution in [-0.2, 0) is 18.2 Å². The number of aryl methyl sites for hydroxylation is 2. The first-order valence-corrected chi connectivity index (χ1v) is 15.8. The van der Waals surface area contributed by atoms with Crippen molar-refractivity contribution in [1.29, 1.82) is 0 Å². The van der Waals surface area contributed by atoms with E-state index < -0.39 is 6.10 Å². The third kappa shape index (κ3) is 5.50. The van der Waals surface area contributed by atoms with Gasteiger partial charge in [-0.1, -0.05) is 53.5 Å². The molecule has 2 aliphatic rings. The molecule has 4 heterocycles. The summed E-state index contributed by atoms with van der Waals surface area (Å²) in [6.07, 6.45) is 5.16. The van der Waals surface area contributed by atoms with E-state index in [1.807, 2.05) is 36.4 Å². The topological polar surface area (TPSA) is 123 Å². The molecule has 12 heteroatoms. The molecule has 1 aliphatic heterocycles. The molecule has 1 aliphatic carbocycles. The largest absolute Gasteiger partial charge is 0.481 e. The summed E-state index contributed by atoms with van der Waals surface area (Å²) in [5.41, 5.74) is 5.35. The molecule has 2 aromatic carbocycles. The number of aromatic nitrogens is 4. The van der Waals surface area contributed by atoms with Gasteiger partial charge in [-0.15, -0.1) is 0 Å². The number of fused-ring (bicyclic) bond motifs is 2. The molecule has 7 rings (SSSR count). The number of pyridine rings is 2. The zero-order chi connectivity index (χ0) is 31.9. The monoisotopic (exact) mass is 658 g/mol. The van der Waals surface area contributed by atoms with Crippen molar-refractivity contribution in [1.82, 2.24) is 25.1 Å². The van der Waals surface area contributed by atoms with Gasteiger partial charge in [-0.2, -0.15) is 5.10 Å². The molecule has 3 aromatic heterocycles. The summed E-state index contributed by atoms with van der Waals surface area (Å²) < 4.78 is 12.5. The van der Waals surface area contributed by atoms with Crippen molar-refractivity contribution in [2.24, 2.45) is 7.05 Å². The summed E-state index contributed by atoms with van der Waals surface area (Å²) in [7, 11) is 3.22. The maximum absolute atomic E-state index is 12.9. The van der Waals surface area contributed by atoms with E-state index in [9.17, 15) is 9.90 Å². The fourth-order valence-electron chi connectivity index (χ4n) is 6.41. The first kappa shape index (κ1) is 30.6. The Hall–Kier alpha value is -4.06. The molecule has 0 saturated carbocycles. The lowest BCUT2D eigenvalue weighted by Gasteiger charge is -2.31. The van der Waals surface area contributed by atoms with Gasteiger partial charge in [0, 0.05) is 59.6 Å². The minimum Gasteiger partial charge on any atom is -0.481 e. The van der Waals surface area contributed by atoms with Gasteiger partial charge in [0.2, 0.25) is 5.88 Å². The summed E-state index contributed by atoms with van der Waals surface area (Å²) in [5, 5.41) is 23.4. The first-order valence-electron chi connectivity index (χ1n) is 15.1. The SMILES string of the molecule is COc1nc(-c2cccc(-c3cccc(Nc4nccc5cnn(C)c(=O)c45)c3Cl)c2Cl)cc2c1[C@@H](N[C@H]1CCOC[C@H]1O)CC2. The summed E-state index contributed by atoms with van der Waals surface area (Å²) in [6.45, 7) is 0.958. The Kier molecular flexibility index (Phi) is 8.39. The smallest absolute Gasteiger partial charge is 0.278 e. The predicted octanol–water partition coefficient (Wildman–Crippen LogP) is 5.84. The average molecular weight is 660 g/mol. The van der Waals surface area contributed by atoms with Crippen LogP contribution in [0.1, 0.15) is 30.0 Å². The third-order valence-corrected chi connectivity index (χ3v) is 9.59. The molecule has 0 amide bonds. The fourth-order valence-corrected chi connectivity index (χ4v) is 7.01. The van der Waals surface area contributed by atoms with Gasteiger partial charge in [0.1, 0.15) is 5.82 Å². The van der Waals surface area contributed by atoms with Crippen molar-refractivity contribution in [2.75, 3.05) is 25.6 Å². The minimum absolute atomic E-state index is 0.0211. The van der Waals surface area contributed by atoms with Crippen LogP contribution in [0, 0.1) is 0 Å². The number of aliphatic hydroxyl groups is 1. The molecule has 1 fully saturated rings. The number of aliphatic hydroxyl groups excluding tert-OH is 1. The molecule has 3 atom stereocenters. The zero-order valence-electron chi connectivity index (χ0n) is 25.3. The highest BCUT2D eigenvalue weighted by Crippen LogP contribution is 2.44. The highest BCUT2D eigenvalue weighted by molar-refractivity contribution is 6.39. The van der Waals surface area contributed by atoms with Crippen molar-refractivity contribution >= 4 is 45.5 Å². The Labute approximate surface area is 275 Å². The van der Waals surface area contributed by atoms with Gasteiger partial charge in [-0.25, -0.2) is 14.6 Å². The van der Waals surface area contributed by atoms with Gasteiger partial charge in [0.25, 0.3) is 5.56 Å². The number of benzene rings is 2. The molecular weight excluding hydrogens is 627 g/mol. The van der Waals surface area contributed by atoms with Crippen LogP contribution in [0.3, 0.4) is 0 Å². The van der Waals surface area contributed by atoms with Gasteiger partial charge in [-0.3, -0.25) is 4.79 Å². The molecule has 5 aromatic rings. The number of nitrogens with one attached hydrogen (secondary N) is 2. The molecule has 236 valence electrons. The van der Waals surface area contributed by atoms with E-state index in [2.05, 4.69) is 26.8 Å². The van der Waals surface area contributed by atoms with Gasteiger partial charge < -0.3 is 25.2 Å². The minimum atomic E-state index is -0.550. The van der Waals surface area contributed by atoms with Crippen LogP contribution < -0.4 is 20.9 Å². The Morgan fingerprint density at radius 2 is 1.85 bits per heavy atom. The molecule has 10 nitrogen and oxygen atoms in total. The van der Waals surface area contributed by atoms with Crippen molar-refractivity contribution in [3.05, 3.63) is 92.5 Å². The summed E-state index contributed by atoms with van der Waals surface area (Å²) in [5.74, 6) is 0.923. The predicted molar refractivity (Wildman–Crippen MR) is 179 cm³/mol. The highest BCUT2D eigenvalue weighted by atomic mass is 35.5. The maximum Gasteiger partial charge on any atom is 0.278 e. The lowest BCUT2D eigenvalue weighted by atomic mass is 9.99. The standard InChI is InChI=1S/C34H32Cl2N6O4/c1-42-34(44)29-19(16-38-42)11-13-37-32(29)40-25-8-4-6-21(31(25)36)20-5-3-7-22(30(20)35)26-15-18-9-10-24(28(18)33(41-26)45-2)39-23-12-14-46-17-27(23)43/h3-8,11,13,15-16,23-24,27,39,43H,9-10,12,14,17H2,1-2H3,(H,37,40)/t23-,24-,27+/m0/s1. The van der Waals surface area contributed by atoms with Crippen LogP contribution >= 0.6 is 23.2 Å². The Morgan fingerprint density at radius 1 is 1.07 bits per heavy atom. The molecule has 0 radical (unpaired) electrons. The van der Waals surface area contributed by atoms with E-state index in [1.54, 1.807) is 32.6 Å². The fraction of sp³-hybridized carbons (Fsp3) is 0.294. The Balaban J connectivity index is 1.23.